The van der Waals surface area contributed by atoms with E-state index < -0.39 is 7.12 Å². The lowest BCUT2D eigenvalue weighted by atomic mass is 9.77. The van der Waals surface area contributed by atoms with Gasteiger partial charge in [0.15, 0.2) is 0 Å². The molecule has 0 aromatic heterocycles. The zero-order valence-electron chi connectivity index (χ0n) is 18.2. The maximum absolute atomic E-state index is 6.64. The highest BCUT2D eigenvalue weighted by Gasteiger charge is 2.51. The summed E-state index contributed by atoms with van der Waals surface area (Å²) in [6, 6.07) is 12.0. The largest absolute Gasteiger partial charge is 0.494 e. The van der Waals surface area contributed by atoms with E-state index in [1.54, 1.807) is 0 Å². The van der Waals surface area contributed by atoms with Crippen molar-refractivity contribution in [3.63, 3.8) is 0 Å². The van der Waals surface area contributed by atoms with Crippen LogP contribution in [0, 0.1) is 6.92 Å². The number of hydrogen-bond acceptors (Lipinski definition) is 3. The summed E-state index contributed by atoms with van der Waals surface area (Å²) in [6.45, 7) is 16.1. The summed E-state index contributed by atoms with van der Waals surface area (Å²) in [5, 5.41) is 0.655. The van der Waals surface area contributed by atoms with Gasteiger partial charge in [-0.05, 0) is 70.3 Å². The molecule has 0 saturated carbocycles. The highest BCUT2D eigenvalue weighted by atomic mass is 35.5. The van der Waals surface area contributed by atoms with Crippen LogP contribution < -0.4 is 10.2 Å². The van der Waals surface area contributed by atoms with E-state index in [0.29, 0.717) is 5.02 Å². The standard InChI is InChI=1S/C24H30BClO3/c1-8-10-17(3)27-21-12-9-11-20(26)22(21)19-15-18(14-13-16(19)2)25-28-23(4,5)24(6,7)29-25/h8-9,11-15,17H,1,10H2,2-7H3/t17-/m0/s1. The van der Waals surface area contributed by atoms with Gasteiger partial charge in [-0.25, -0.2) is 0 Å². The average Bonchev–Trinajstić information content (AvgIpc) is 2.84. The van der Waals surface area contributed by atoms with Crippen molar-refractivity contribution in [3.05, 3.63) is 59.6 Å². The van der Waals surface area contributed by atoms with Crippen LogP contribution in [-0.4, -0.2) is 24.4 Å². The molecule has 0 aliphatic carbocycles. The number of rotatable bonds is 6. The van der Waals surface area contributed by atoms with Crippen LogP contribution in [0.1, 0.15) is 46.6 Å². The van der Waals surface area contributed by atoms with Crippen LogP contribution in [0.3, 0.4) is 0 Å². The fraction of sp³-hybridized carbons (Fsp3) is 0.417. The molecular weight excluding hydrogens is 383 g/mol. The Kier molecular flexibility index (Phi) is 6.19. The molecular formula is C24H30BClO3. The molecule has 1 saturated heterocycles. The molecule has 0 unspecified atom stereocenters. The highest BCUT2D eigenvalue weighted by molar-refractivity contribution is 6.62. The Morgan fingerprint density at radius 2 is 1.79 bits per heavy atom. The quantitative estimate of drug-likeness (QED) is 0.433. The summed E-state index contributed by atoms with van der Waals surface area (Å²) in [6.07, 6.45) is 2.63. The molecule has 1 heterocycles. The van der Waals surface area contributed by atoms with Crippen LogP contribution >= 0.6 is 11.6 Å². The van der Waals surface area contributed by atoms with Gasteiger partial charge in [-0.2, -0.15) is 0 Å². The SMILES string of the molecule is C=CC[C@H](C)Oc1cccc(Cl)c1-c1cc(B2OC(C)(C)C(C)(C)O2)ccc1C. The molecule has 5 heteroatoms. The molecule has 1 aliphatic rings. The van der Waals surface area contributed by atoms with Crippen LogP contribution in [0.4, 0.5) is 0 Å². The van der Waals surface area contributed by atoms with Crippen LogP contribution in [-0.2, 0) is 9.31 Å². The molecule has 29 heavy (non-hydrogen) atoms. The first kappa shape index (κ1) is 22.0. The van der Waals surface area contributed by atoms with Crippen LogP contribution in [0.15, 0.2) is 49.1 Å². The molecule has 0 radical (unpaired) electrons. The molecule has 0 bridgehead atoms. The van der Waals surface area contributed by atoms with E-state index in [9.17, 15) is 0 Å². The molecule has 2 aromatic carbocycles. The fourth-order valence-electron chi connectivity index (χ4n) is 3.40. The number of benzene rings is 2. The Morgan fingerprint density at radius 1 is 1.14 bits per heavy atom. The molecule has 2 aromatic rings. The normalized spacial score (nSPS) is 18.5. The second-order valence-corrected chi connectivity index (χ2v) is 9.14. The second-order valence-electron chi connectivity index (χ2n) is 8.73. The van der Waals surface area contributed by atoms with Crippen molar-refractivity contribution in [3.8, 4) is 16.9 Å². The maximum Gasteiger partial charge on any atom is 0.494 e. The molecule has 1 aliphatic heterocycles. The molecule has 3 rings (SSSR count). The van der Waals surface area contributed by atoms with E-state index in [0.717, 1.165) is 34.3 Å². The summed E-state index contributed by atoms with van der Waals surface area (Å²) >= 11 is 6.64. The van der Waals surface area contributed by atoms with E-state index >= 15 is 0 Å². The van der Waals surface area contributed by atoms with Gasteiger partial charge in [0, 0.05) is 12.0 Å². The summed E-state index contributed by atoms with van der Waals surface area (Å²) in [5.74, 6) is 0.765. The first-order chi connectivity index (χ1) is 13.6. The summed E-state index contributed by atoms with van der Waals surface area (Å²) in [4.78, 5) is 0. The minimum Gasteiger partial charge on any atom is -0.490 e. The minimum absolute atomic E-state index is 0.0105. The van der Waals surface area contributed by atoms with Crippen molar-refractivity contribution in [1.29, 1.82) is 0 Å². The number of hydrogen-bond donors (Lipinski definition) is 0. The van der Waals surface area contributed by atoms with E-state index in [1.165, 1.54) is 0 Å². The van der Waals surface area contributed by atoms with Gasteiger partial charge in [-0.1, -0.05) is 41.9 Å². The van der Waals surface area contributed by atoms with Crippen molar-refractivity contribution in [1.82, 2.24) is 0 Å². The summed E-state index contributed by atoms with van der Waals surface area (Å²) < 4.78 is 18.7. The van der Waals surface area contributed by atoms with Crippen LogP contribution in [0.5, 0.6) is 5.75 Å². The molecule has 1 fully saturated rings. The third kappa shape index (κ3) is 4.40. The smallest absolute Gasteiger partial charge is 0.490 e. The Labute approximate surface area is 180 Å². The predicted octanol–water partition coefficient (Wildman–Crippen LogP) is 5.96. The minimum atomic E-state index is -0.425. The van der Waals surface area contributed by atoms with Crippen LogP contribution in [0.2, 0.25) is 5.02 Å². The van der Waals surface area contributed by atoms with Gasteiger partial charge in [-0.15, -0.1) is 6.58 Å². The van der Waals surface area contributed by atoms with E-state index in [4.69, 9.17) is 25.6 Å². The van der Waals surface area contributed by atoms with E-state index in [-0.39, 0.29) is 17.3 Å². The van der Waals surface area contributed by atoms with Crippen molar-refractivity contribution < 1.29 is 14.0 Å². The lowest BCUT2D eigenvalue weighted by Crippen LogP contribution is -2.41. The first-order valence-corrected chi connectivity index (χ1v) is 10.5. The highest BCUT2D eigenvalue weighted by Crippen LogP contribution is 2.40. The average molecular weight is 413 g/mol. The Hall–Kier alpha value is -1.75. The van der Waals surface area contributed by atoms with Gasteiger partial charge < -0.3 is 14.0 Å². The van der Waals surface area contributed by atoms with Gasteiger partial charge in [0.25, 0.3) is 0 Å². The van der Waals surface area contributed by atoms with Gasteiger partial charge in [0.2, 0.25) is 0 Å². The maximum atomic E-state index is 6.64. The molecule has 1 atom stereocenters. The Bertz CT molecular complexity index is 891. The molecule has 0 N–H and O–H groups in total. The van der Waals surface area contributed by atoms with E-state index in [1.807, 2.05) is 31.2 Å². The van der Waals surface area contributed by atoms with Crippen molar-refractivity contribution in [2.24, 2.45) is 0 Å². The number of halogens is 1. The van der Waals surface area contributed by atoms with Crippen molar-refractivity contribution in [2.75, 3.05) is 0 Å². The van der Waals surface area contributed by atoms with Crippen molar-refractivity contribution >= 4 is 24.2 Å². The second kappa shape index (κ2) is 8.18. The lowest BCUT2D eigenvalue weighted by molar-refractivity contribution is 0.00578. The van der Waals surface area contributed by atoms with Gasteiger partial charge >= 0.3 is 7.12 Å². The van der Waals surface area contributed by atoms with E-state index in [2.05, 4.69) is 59.4 Å². The number of ether oxygens (including phenoxy) is 1. The monoisotopic (exact) mass is 412 g/mol. The lowest BCUT2D eigenvalue weighted by Gasteiger charge is -2.32. The molecule has 154 valence electrons. The Morgan fingerprint density at radius 3 is 2.41 bits per heavy atom. The molecule has 0 spiro atoms. The van der Waals surface area contributed by atoms with Crippen molar-refractivity contribution in [2.45, 2.75) is 65.3 Å². The summed E-state index contributed by atoms with van der Waals surface area (Å²) in [5.41, 5.74) is 3.21. The first-order valence-electron chi connectivity index (χ1n) is 10.1. The summed E-state index contributed by atoms with van der Waals surface area (Å²) in [7, 11) is -0.425. The third-order valence-electron chi connectivity index (χ3n) is 5.86. The van der Waals surface area contributed by atoms with Gasteiger partial charge in [0.1, 0.15) is 5.75 Å². The fourth-order valence-corrected chi connectivity index (χ4v) is 3.67. The van der Waals surface area contributed by atoms with Gasteiger partial charge in [-0.3, -0.25) is 0 Å². The zero-order valence-corrected chi connectivity index (χ0v) is 19.0. The van der Waals surface area contributed by atoms with Gasteiger partial charge in [0.05, 0.1) is 22.3 Å². The Balaban J connectivity index is 2.03. The molecule has 0 amide bonds. The third-order valence-corrected chi connectivity index (χ3v) is 6.17. The topological polar surface area (TPSA) is 27.7 Å². The van der Waals surface area contributed by atoms with Crippen LogP contribution in [0.25, 0.3) is 11.1 Å². The number of aryl methyl sites for hydroxylation is 1. The predicted molar refractivity (Wildman–Crippen MR) is 122 cm³/mol. The molecule has 3 nitrogen and oxygen atoms in total. The zero-order chi connectivity index (χ0) is 21.4.